The van der Waals surface area contributed by atoms with Crippen molar-refractivity contribution in [1.29, 1.82) is 0 Å². The number of sulfonamides is 1. The van der Waals surface area contributed by atoms with Gasteiger partial charge in [0.2, 0.25) is 5.91 Å². The number of rotatable bonds is 5. The number of hydrogen-bond donors (Lipinski definition) is 0. The van der Waals surface area contributed by atoms with Gasteiger partial charge in [0.05, 0.1) is 10.6 Å². The van der Waals surface area contributed by atoms with Crippen molar-refractivity contribution < 1.29 is 13.2 Å². The minimum atomic E-state index is -3.86. The highest BCUT2D eigenvalue weighted by molar-refractivity contribution is 7.92. The fraction of sp³-hybridized carbons (Fsp3) is 0.435. The first-order valence-electron chi connectivity index (χ1n) is 10.1. The van der Waals surface area contributed by atoms with Crippen LogP contribution in [0.4, 0.5) is 5.69 Å². The van der Waals surface area contributed by atoms with Crippen molar-refractivity contribution in [1.82, 2.24) is 4.90 Å². The van der Waals surface area contributed by atoms with Crippen molar-refractivity contribution in [3.05, 3.63) is 59.2 Å². The van der Waals surface area contributed by atoms with Crippen LogP contribution < -0.4 is 4.31 Å². The molecule has 156 valence electrons. The topological polar surface area (TPSA) is 57.7 Å². The maximum Gasteiger partial charge on any atom is 0.264 e. The Hall–Kier alpha value is -2.34. The van der Waals surface area contributed by atoms with E-state index in [-0.39, 0.29) is 17.3 Å². The molecule has 29 heavy (non-hydrogen) atoms. The van der Waals surface area contributed by atoms with Gasteiger partial charge in [0.15, 0.2) is 0 Å². The Labute approximate surface area is 174 Å². The molecular formula is C23H30N2O3S. The third kappa shape index (κ3) is 4.81. The van der Waals surface area contributed by atoms with E-state index in [1.54, 1.807) is 35.2 Å². The number of aryl methyl sites for hydroxylation is 3. The van der Waals surface area contributed by atoms with E-state index in [4.69, 9.17) is 0 Å². The first kappa shape index (κ1) is 21.4. The number of likely N-dealkylation sites (tertiary alicyclic amines) is 1. The predicted molar refractivity (Wildman–Crippen MR) is 117 cm³/mol. The Morgan fingerprint density at radius 3 is 2.38 bits per heavy atom. The smallest absolute Gasteiger partial charge is 0.264 e. The molecule has 0 aliphatic carbocycles. The van der Waals surface area contributed by atoms with Gasteiger partial charge in [-0.25, -0.2) is 8.42 Å². The number of piperidine rings is 1. The molecule has 5 nitrogen and oxygen atoms in total. The lowest BCUT2D eigenvalue weighted by molar-refractivity contribution is -0.131. The average Bonchev–Trinajstić information content (AvgIpc) is 2.68. The average molecular weight is 415 g/mol. The van der Waals surface area contributed by atoms with Crippen LogP contribution in [-0.2, 0) is 14.8 Å². The number of amides is 1. The fourth-order valence-electron chi connectivity index (χ4n) is 3.67. The molecule has 0 saturated carbocycles. The van der Waals surface area contributed by atoms with E-state index in [9.17, 15) is 13.2 Å². The molecule has 1 aliphatic heterocycles. The molecule has 2 aromatic rings. The van der Waals surface area contributed by atoms with Crippen LogP contribution in [-0.4, -0.2) is 38.9 Å². The maximum absolute atomic E-state index is 13.5. The molecule has 1 heterocycles. The Morgan fingerprint density at radius 2 is 1.76 bits per heavy atom. The highest BCUT2D eigenvalue weighted by Gasteiger charge is 2.30. The summed E-state index contributed by atoms with van der Waals surface area (Å²) in [5, 5.41) is 0. The van der Waals surface area contributed by atoms with E-state index < -0.39 is 10.0 Å². The molecule has 1 amide bonds. The molecule has 2 aromatic carbocycles. The minimum Gasteiger partial charge on any atom is -0.341 e. The van der Waals surface area contributed by atoms with E-state index in [0.29, 0.717) is 24.7 Å². The number of nitrogens with zero attached hydrogens (tertiary/aromatic N) is 2. The van der Waals surface area contributed by atoms with E-state index >= 15 is 0 Å². The number of benzene rings is 2. The Kier molecular flexibility index (Phi) is 6.32. The van der Waals surface area contributed by atoms with Gasteiger partial charge in [0.1, 0.15) is 6.54 Å². The molecule has 1 atom stereocenters. The summed E-state index contributed by atoms with van der Waals surface area (Å²) >= 11 is 0. The third-order valence-corrected chi connectivity index (χ3v) is 7.46. The van der Waals surface area contributed by atoms with Crippen molar-refractivity contribution in [3.8, 4) is 0 Å². The van der Waals surface area contributed by atoms with Gasteiger partial charge in [-0.3, -0.25) is 9.10 Å². The maximum atomic E-state index is 13.5. The zero-order chi connectivity index (χ0) is 21.2. The lowest BCUT2D eigenvalue weighted by Gasteiger charge is -2.33. The van der Waals surface area contributed by atoms with Crippen LogP contribution in [0.5, 0.6) is 0 Å². The molecular weight excluding hydrogens is 384 g/mol. The van der Waals surface area contributed by atoms with Crippen LogP contribution in [0.15, 0.2) is 47.4 Å². The van der Waals surface area contributed by atoms with Gasteiger partial charge in [-0.1, -0.05) is 30.7 Å². The third-order valence-electron chi connectivity index (χ3n) is 5.68. The summed E-state index contributed by atoms with van der Waals surface area (Å²) in [6.45, 7) is 9.16. The summed E-state index contributed by atoms with van der Waals surface area (Å²) in [6.07, 6.45) is 2.06. The lowest BCUT2D eigenvalue weighted by Crippen LogP contribution is -2.46. The predicted octanol–water partition coefficient (Wildman–Crippen LogP) is 4.07. The van der Waals surface area contributed by atoms with E-state index in [0.717, 1.165) is 29.5 Å². The molecule has 1 fully saturated rings. The standard InChI is InChI=1S/C23H30N2O3S/c1-17-7-11-22(12-8-17)29(27,28)25(21-10-9-19(3)20(4)14-21)16-23(26)24-13-5-6-18(2)15-24/h7-12,14,18H,5-6,13,15-16H2,1-4H3. The zero-order valence-electron chi connectivity index (χ0n) is 17.7. The summed E-state index contributed by atoms with van der Waals surface area (Å²) in [4.78, 5) is 15.0. The summed E-state index contributed by atoms with van der Waals surface area (Å²) in [5.74, 6) is 0.293. The van der Waals surface area contributed by atoms with Crippen LogP contribution >= 0.6 is 0 Å². The van der Waals surface area contributed by atoms with Crippen LogP contribution in [0.25, 0.3) is 0 Å². The second-order valence-electron chi connectivity index (χ2n) is 8.18. The quantitative estimate of drug-likeness (QED) is 0.741. The number of carbonyl (C=O) groups is 1. The highest BCUT2D eigenvalue weighted by atomic mass is 32.2. The molecule has 1 saturated heterocycles. The van der Waals surface area contributed by atoms with Crippen molar-refractivity contribution >= 4 is 21.6 Å². The van der Waals surface area contributed by atoms with Gasteiger partial charge >= 0.3 is 0 Å². The van der Waals surface area contributed by atoms with Crippen LogP contribution in [0, 0.1) is 26.7 Å². The molecule has 0 radical (unpaired) electrons. The van der Waals surface area contributed by atoms with Crippen molar-refractivity contribution in [2.24, 2.45) is 5.92 Å². The molecule has 0 aromatic heterocycles. The van der Waals surface area contributed by atoms with Crippen LogP contribution in [0.1, 0.15) is 36.5 Å². The van der Waals surface area contributed by atoms with Gasteiger partial charge in [0, 0.05) is 13.1 Å². The molecule has 1 unspecified atom stereocenters. The molecule has 0 N–H and O–H groups in total. The van der Waals surface area contributed by atoms with Crippen LogP contribution in [0.2, 0.25) is 0 Å². The summed E-state index contributed by atoms with van der Waals surface area (Å²) in [6, 6.07) is 12.3. The first-order valence-corrected chi connectivity index (χ1v) is 11.6. The molecule has 6 heteroatoms. The molecule has 0 bridgehead atoms. The summed E-state index contributed by atoms with van der Waals surface area (Å²) < 4.78 is 28.2. The normalized spacial score (nSPS) is 17.2. The van der Waals surface area contributed by atoms with Gasteiger partial charge in [0.25, 0.3) is 10.0 Å². The van der Waals surface area contributed by atoms with E-state index in [1.165, 1.54) is 4.31 Å². The van der Waals surface area contributed by atoms with Crippen LogP contribution in [0.3, 0.4) is 0 Å². The summed E-state index contributed by atoms with van der Waals surface area (Å²) in [5.41, 5.74) is 3.58. The Balaban J connectivity index is 1.98. The van der Waals surface area contributed by atoms with Crippen molar-refractivity contribution in [2.75, 3.05) is 23.9 Å². The Bertz CT molecular complexity index is 984. The van der Waals surface area contributed by atoms with Gasteiger partial charge in [-0.2, -0.15) is 0 Å². The van der Waals surface area contributed by atoms with Crippen molar-refractivity contribution in [3.63, 3.8) is 0 Å². The Morgan fingerprint density at radius 1 is 1.07 bits per heavy atom. The van der Waals surface area contributed by atoms with Gasteiger partial charge in [-0.15, -0.1) is 0 Å². The van der Waals surface area contributed by atoms with Gasteiger partial charge < -0.3 is 4.90 Å². The largest absolute Gasteiger partial charge is 0.341 e. The highest BCUT2D eigenvalue weighted by Crippen LogP contribution is 2.27. The van der Waals surface area contributed by atoms with Crippen molar-refractivity contribution in [2.45, 2.75) is 45.4 Å². The van der Waals surface area contributed by atoms with E-state index in [1.807, 2.05) is 32.9 Å². The lowest BCUT2D eigenvalue weighted by atomic mass is 10.0. The number of hydrogen-bond acceptors (Lipinski definition) is 3. The fourth-order valence-corrected chi connectivity index (χ4v) is 5.08. The van der Waals surface area contributed by atoms with E-state index in [2.05, 4.69) is 6.92 Å². The number of anilines is 1. The second kappa shape index (κ2) is 8.57. The molecule has 0 spiro atoms. The second-order valence-corrected chi connectivity index (χ2v) is 10.0. The first-order chi connectivity index (χ1) is 13.7. The molecule has 1 aliphatic rings. The minimum absolute atomic E-state index is 0.148. The SMILES string of the molecule is Cc1ccc(S(=O)(=O)N(CC(=O)N2CCCC(C)C2)c2ccc(C)c(C)c2)cc1. The zero-order valence-corrected chi connectivity index (χ0v) is 18.5. The number of carbonyl (C=O) groups excluding carboxylic acids is 1. The summed E-state index contributed by atoms with van der Waals surface area (Å²) in [7, 11) is -3.86. The monoisotopic (exact) mass is 414 g/mol. The molecule has 3 rings (SSSR count). The van der Waals surface area contributed by atoms with Gasteiger partial charge in [-0.05, 0) is 74.9 Å².